The van der Waals surface area contributed by atoms with Gasteiger partial charge in [0.05, 0.1) is 0 Å². The molecular weight excluding hydrogens is 581 g/mol. The molecule has 0 saturated heterocycles. The summed E-state index contributed by atoms with van der Waals surface area (Å²) in [6.07, 6.45) is 0. The van der Waals surface area contributed by atoms with Gasteiger partial charge in [-0.2, -0.15) is 0 Å². The van der Waals surface area contributed by atoms with Crippen LogP contribution in [0.3, 0.4) is 0 Å². The smallest absolute Gasteiger partial charge is 0.144 e. The Morgan fingerprint density at radius 1 is 0.396 bits per heavy atom. The van der Waals surface area contributed by atoms with Gasteiger partial charge in [0.25, 0.3) is 0 Å². The zero-order valence-electron chi connectivity index (χ0n) is 26.9. The molecule has 0 N–H and O–H groups in total. The molecule has 0 spiro atoms. The molecule has 9 aromatic rings. The molecule has 1 heterocycles. The fourth-order valence-corrected chi connectivity index (χ4v) is 8.45. The highest BCUT2D eigenvalue weighted by molar-refractivity contribution is 6.22. The molecule has 0 atom stereocenters. The molecule has 48 heavy (non-hydrogen) atoms. The van der Waals surface area contributed by atoms with Gasteiger partial charge in [-0.1, -0.05) is 159 Å². The van der Waals surface area contributed by atoms with Crippen LogP contribution < -0.4 is 0 Å². The van der Waals surface area contributed by atoms with Gasteiger partial charge in [0.2, 0.25) is 0 Å². The number of para-hydroxylation sites is 1. The minimum atomic E-state index is -0.133. The quantitative estimate of drug-likeness (QED) is 0.181. The highest BCUT2D eigenvalue weighted by Gasteiger charge is 2.38. The van der Waals surface area contributed by atoms with E-state index in [0.717, 1.165) is 16.6 Å². The van der Waals surface area contributed by atoms with Crippen LogP contribution in [0.1, 0.15) is 25.0 Å². The van der Waals surface area contributed by atoms with Crippen LogP contribution in [0, 0.1) is 0 Å². The predicted molar refractivity (Wildman–Crippen MR) is 203 cm³/mol. The van der Waals surface area contributed by atoms with Crippen molar-refractivity contribution < 1.29 is 4.42 Å². The number of furan rings is 1. The van der Waals surface area contributed by atoms with Crippen LogP contribution in [0.25, 0.3) is 88.0 Å². The van der Waals surface area contributed by atoms with Crippen LogP contribution >= 0.6 is 0 Å². The summed E-state index contributed by atoms with van der Waals surface area (Å²) in [5.41, 5.74) is 14.4. The summed E-state index contributed by atoms with van der Waals surface area (Å²) in [7, 11) is 0. The van der Waals surface area contributed by atoms with E-state index in [1.807, 2.05) is 0 Å². The predicted octanol–water partition coefficient (Wildman–Crippen LogP) is 13.2. The van der Waals surface area contributed by atoms with Crippen LogP contribution in [-0.2, 0) is 5.41 Å². The monoisotopic (exact) mass is 612 g/mol. The van der Waals surface area contributed by atoms with Gasteiger partial charge in [-0.05, 0) is 83.7 Å². The summed E-state index contributed by atoms with van der Waals surface area (Å²) in [6.45, 7) is 4.68. The van der Waals surface area contributed by atoms with Gasteiger partial charge in [0.15, 0.2) is 0 Å². The van der Waals surface area contributed by atoms with Crippen LogP contribution in [0.4, 0.5) is 0 Å². The largest absolute Gasteiger partial charge is 0.455 e. The van der Waals surface area contributed by atoms with E-state index in [9.17, 15) is 0 Å². The molecule has 0 amide bonds. The Labute approximate surface area is 279 Å². The second-order valence-electron chi connectivity index (χ2n) is 13.6. The Morgan fingerprint density at radius 3 is 1.54 bits per heavy atom. The zero-order valence-corrected chi connectivity index (χ0v) is 26.9. The first-order valence-electron chi connectivity index (χ1n) is 16.8. The minimum Gasteiger partial charge on any atom is -0.455 e. The first-order valence-corrected chi connectivity index (χ1v) is 16.8. The van der Waals surface area contributed by atoms with Crippen molar-refractivity contribution in [2.24, 2.45) is 0 Å². The minimum absolute atomic E-state index is 0.133. The lowest BCUT2D eigenvalue weighted by atomic mass is 9.81. The summed E-state index contributed by atoms with van der Waals surface area (Å²) in [6, 6.07) is 57.5. The summed E-state index contributed by atoms with van der Waals surface area (Å²) < 4.78 is 6.74. The fourth-order valence-electron chi connectivity index (χ4n) is 8.45. The van der Waals surface area contributed by atoms with E-state index in [1.165, 1.54) is 82.6 Å². The van der Waals surface area contributed by atoms with E-state index >= 15 is 0 Å². The highest BCUT2D eigenvalue weighted by Crippen LogP contribution is 2.55. The second kappa shape index (κ2) is 10.0. The Bertz CT molecular complexity index is 2670. The molecule has 0 aliphatic heterocycles. The lowest BCUT2D eigenvalue weighted by Gasteiger charge is -2.22. The maximum absolute atomic E-state index is 6.74. The number of hydrogen-bond acceptors (Lipinski definition) is 1. The molecule has 1 aliphatic rings. The Balaban J connectivity index is 1.22. The molecule has 1 nitrogen and oxygen atoms in total. The first kappa shape index (κ1) is 27.2. The van der Waals surface area contributed by atoms with Crippen LogP contribution in [-0.4, -0.2) is 0 Å². The molecule has 1 heteroatoms. The third kappa shape index (κ3) is 3.73. The van der Waals surface area contributed by atoms with Crippen LogP contribution in [0.5, 0.6) is 0 Å². The SMILES string of the molecule is CC1(C)c2ccccc2-c2c1cc(-c1ccc(-c3c4ccccc4c(-c4ccccc4)c4ccccc34)cc1)c1c2oc2ccccc21. The van der Waals surface area contributed by atoms with Gasteiger partial charge in [-0.15, -0.1) is 0 Å². The molecule has 0 radical (unpaired) electrons. The van der Waals surface area contributed by atoms with E-state index in [1.54, 1.807) is 0 Å². The van der Waals surface area contributed by atoms with Crippen molar-refractivity contribution in [3.8, 4) is 44.5 Å². The molecule has 1 aliphatic carbocycles. The zero-order chi connectivity index (χ0) is 32.0. The number of fused-ring (bicyclic) bond motifs is 9. The maximum Gasteiger partial charge on any atom is 0.144 e. The molecule has 0 bridgehead atoms. The van der Waals surface area contributed by atoms with Crippen LogP contribution in [0.2, 0.25) is 0 Å². The molecule has 8 aromatic carbocycles. The van der Waals surface area contributed by atoms with E-state index in [2.05, 4.69) is 172 Å². The van der Waals surface area contributed by atoms with Gasteiger partial charge in [0.1, 0.15) is 11.2 Å². The molecule has 10 rings (SSSR count). The van der Waals surface area contributed by atoms with Crippen molar-refractivity contribution in [1.82, 2.24) is 0 Å². The van der Waals surface area contributed by atoms with Gasteiger partial charge in [-0.25, -0.2) is 0 Å². The summed E-state index contributed by atoms with van der Waals surface area (Å²) >= 11 is 0. The Hall–Kier alpha value is -5.92. The topological polar surface area (TPSA) is 13.1 Å². The highest BCUT2D eigenvalue weighted by atomic mass is 16.3. The summed E-state index contributed by atoms with van der Waals surface area (Å²) in [5.74, 6) is 0. The lowest BCUT2D eigenvalue weighted by molar-refractivity contribution is 0.653. The Morgan fingerprint density at radius 2 is 0.896 bits per heavy atom. The fraction of sp³-hybridized carbons (Fsp3) is 0.0638. The number of rotatable bonds is 3. The van der Waals surface area contributed by atoms with Crippen molar-refractivity contribution >= 4 is 43.5 Å². The van der Waals surface area contributed by atoms with Crippen molar-refractivity contribution in [3.05, 3.63) is 169 Å². The second-order valence-corrected chi connectivity index (χ2v) is 13.6. The van der Waals surface area contributed by atoms with Crippen molar-refractivity contribution in [2.75, 3.05) is 0 Å². The summed E-state index contributed by atoms with van der Waals surface area (Å²) in [4.78, 5) is 0. The normalized spacial score (nSPS) is 13.4. The van der Waals surface area contributed by atoms with E-state index in [-0.39, 0.29) is 5.41 Å². The van der Waals surface area contributed by atoms with Gasteiger partial charge >= 0.3 is 0 Å². The standard InChI is InChI=1S/C47H32O/c1-47(2)39-22-12-10-20-36(39)45-40(47)28-38(44-37-21-11-13-23-41(37)48-46(44)45)29-24-26-31(27-25-29)43-34-18-8-6-16-32(34)42(30-14-4-3-5-15-30)33-17-7-9-19-35(33)43/h3-28H,1-2H3. The van der Waals surface area contributed by atoms with Crippen molar-refractivity contribution in [2.45, 2.75) is 19.3 Å². The molecule has 0 unspecified atom stereocenters. The van der Waals surface area contributed by atoms with E-state index in [0.29, 0.717) is 0 Å². The number of hydrogen-bond donors (Lipinski definition) is 0. The van der Waals surface area contributed by atoms with Crippen molar-refractivity contribution in [3.63, 3.8) is 0 Å². The average molecular weight is 613 g/mol. The molecular formula is C47H32O. The number of benzene rings is 8. The molecule has 226 valence electrons. The van der Waals surface area contributed by atoms with Crippen molar-refractivity contribution in [1.29, 1.82) is 0 Å². The van der Waals surface area contributed by atoms with Crippen LogP contribution in [0.15, 0.2) is 162 Å². The average Bonchev–Trinajstić information content (AvgIpc) is 3.63. The van der Waals surface area contributed by atoms with E-state index in [4.69, 9.17) is 4.42 Å². The molecule has 1 aromatic heterocycles. The third-order valence-corrected chi connectivity index (χ3v) is 10.7. The summed E-state index contributed by atoms with van der Waals surface area (Å²) in [5, 5.41) is 7.42. The Kier molecular flexibility index (Phi) is 5.69. The van der Waals surface area contributed by atoms with Gasteiger partial charge in [0, 0.05) is 21.8 Å². The van der Waals surface area contributed by atoms with E-state index < -0.39 is 0 Å². The van der Waals surface area contributed by atoms with Gasteiger partial charge < -0.3 is 4.42 Å². The van der Waals surface area contributed by atoms with Gasteiger partial charge in [-0.3, -0.25) is 0 Å². The lowest BCUT2D eigenvalue weighted by Crippen LogP contribution is -2.15. The molecule has 0 saturated carbocycles. The molecule has 0 fully saturated rings. The third-order valence-electron chi connectivity index (χ3n) is 10.7. The first-order chi connectivity index (χ1) is 23.6. The maximum atomic E-state index is 6.74.